The molecule has 0 aromatic heterocycles. The molecule has 19 heavy (non-hydrogen) atoms. The van der Waals surface area contributed by atoms with E-state index in [9.17, 15) is 4.79 Å². The molecule has 0 saturated heterocycles. The summed E-state index contributed by atoms with van der Waals surface area (Å²) in [5.74, 6) is 0.938. The van der Waals surface area contributed by atoms with Crippen LogP contribution >= 0.6 is 11.8 Å². The fourth-order valence-electron chi connectivity index (χ4n) is 1.98. The Hall–Kier alpha value is -1.94. The number of hydrogen-bond donors (Lipinski definition) is 1. The van der Waals surface area contributed by atoms with Gasteiger partial charge in [0.1, 0.15) is 11.5 Å². The number of carboxylic acid groups (broad SMARTS) is 1. The second kappa shape index (κ2) is 4.97. The molecule has 0 spiro atoms. The maximum atomic E-state index is 10.6. The van der Waals surface area contributed by atoms with E-state index < -0.39 is 5.97 Å². The highest BCUT2D eigenvalue weighted by Crippen LogP contribution is 2.46. The molecular formula is C15H12O3S. The monoisotopic (exact) mass is 272 g/mol. The number of carbonyl (C=O) groups is 1. The number of aryl methyl sites for hydroxylation is 1. The number of ether oxygens (including phenoxy) is 1. The predicted octanol–water partition coefficient (Wildman–Crippen LogP) is 3.96. The second-order valence-corrected chi connectivity index (χ2v) is 5.41. The lowest BCUT2D eigenvalue weighted by Crippen LogP contribution is -1.99. The van der Waals surface area contributed by atoms with E-state index in [0.29, 0.717) is 6.42 Å². The van der Waals surface area contributed by atoms with Crippen molar-refractivity contribution >= 4 is 17.7 Å². The van der Waals surface area contributed by atoms with Gasteiger partial charge in [0.05, 0.1) is 9.79 Å². The Balaban J connectivity index is 1.85. The molecule has 0 bridgehead atoms. The first-order valence-electron chi connectivity index (χ1n) is 6.02. The number of hydrogen-bond acceptors (Lipinski definition) is 3. The van der Waals surface area contributed by atoms with Gasteiger partial charge < -0.3 is 9.84 Å². The van der Waals surface area contributed by atoms with Gasteiger partial charge in [-0.1, -0.05) is 30.0 Å². The van der Waals surface area contributed by atoms with E-state index in [1.807, 2.05) is 42.5 Å². The molecular weight excluding hydrogens is 260 g/mol. The van der Waals surface area contributed by atoms with Gasteiger partial charge >= 0.3 is 5.97 Å². The van der Waals surface area contributed by atoms with Crippen LogP contribution in [0, 0.1) is 0 Å². The second-order valence-electron chi connectivity index (χ2n) is 4.33. The molecule has 0 atom stereocenters. The highest BCUT2D eigenvalue weighted by Gasteiger charge is 2.17. The SMILES string of the molecule is O=C(O)CCc1ccc2c(c1)Sc1ccccc1O2. The zero-order chi connectivity index (χ0) is 13.2. The van der Waals surface area contributed by atoms with Crippen molar-refractivity contribution < 1.29 is 14.6 Å². The highest BCUT2D eigenvalue weighted by molar-refractivity contribution is 7.99. The summed E-state index contributed by atoms with van der Waals surface area (Å²) in [6.07, 6.45) is 0.700. The minimum atomic E-state index is -0.771. The van der Waals surface area contributed by atoms with Gasteiger partial charge in [0.25, 0.3) is 0 Å². The number of rotatable bonds is 3. The minimum absolute atomic E-state index is 0.154. The number of aliphatic carboxylic acids is 1. The van der Waals surface area contributed by atoms with E-state index >= 15 is 0 Å². The number of para-hydroxylation sites is 1. The van der Waals surface area contributed by atoms with Crippen LogP contribution in [-0.4, -0.2) is 11.1 Å². The first-order chi connectivity index (χ1) is 9.22. The van der Waals surface area contributed by atoms with Gasteiger partial charge in [0.15, 0.2) is 0 Å². The zero-order valence-corrected chi connectivity index (χ0v) is 10.9. The predicted molar refractivity (Wildman–Crippen MR) is 73.0 cm³/mol. The summed E-state index contributed by atoms with van der Waals surface area (Å²) in [7, 11) is 0. The molecule has 0 fully saturated rings. The highest BCUT2D eigenvalue weighted by atomic mass is 32.2. The van der Waals surface area contributed by atoms with Gasteiger partial charge in [-0.25, -0.2) is 0 Å². The summed E-state index contributed by atoms with van der Waals surface area (Å²) in [5.41, 5.74) is 1.02. The van der Waals surface area contributed by atoms with Gasteiger partial charge in [0.2, 0.25) is 0 Å². The van der Waals surface area contributed by atoms with Crippen LogP contribution in [0.2, 0.25) is 0 Å². The molecule has 0 unspecified atom stereocenters. The van der Waals surface area contributed by atoms with Gasteiger partial charge in [-0.3, -0.25) is 4.79 Å². The third-order valence-electron chi connectivity index (χ3n) is 2.92. The topological polar surface area (TPSA) is 46.5 Å². The van der Waals surface area contributed by atoms with E-state index in [1.54, 1.807) is 11.8 Å². The number of carboxylic acids is 1. The summed E-state index contributed by atoms with van der Waals surface area (Å²) < 4.78 is 5.82. The lowest BCUT2D eigenvalue weighted by Gasteiger charge is -2.19. The third-order valence-corrected chi connectivity index (χ3v) is 4.02. The Morgan fingerprint density at radius 3 is 2.74 bits per heavy atom. The zero-order valence-electron chi connectivity index (χ0n) is 10.1. The van der Waals surface area contributed by atoms with Crippen molar-refractivity contribution in [2.45, 2.75) is 22.6 Å². The molecule has 1 N–H and O–H groups in total. The molecule has 3 rings (SSSR count). The number of fused-ring (bicyclic) bond motifs is 2. The molecule has 0 amide bonds. The molecule has 0 saturated carbocycles. The largest absolute Gasteiger partial charge is 0.481 e. The summed E-state index contributed by atoms with van der Waals surface area (Å²) in [6, 6.07) is 13.8. The van der Waals surface area contributed by atoms with Gasteiger partial charge in [0, 0.05) is 6.42 Å². The molecule has 3 nitrogen and oxygen atoms in total. The normalized spacial score (nSPS) is 12.2. The van der Waals surface area contributed by atoms with E-state index in [1.165, 1.54) is 0 Å². The van der Waals surface area contributed by atoms with Crippen molar-refractivity contribution in [2.75, 3.05) is 0 Å². The maximum Gasteiger partial charge on any atom is 0.303 e. The van der Waals surface area contributed by atoms with Crippen LogP contribution < -0.4 is 4.74 Å². The summed E-state index contributed by atoms with van der Waals surface area (Å²) in [4.78, 5) is 12.7. The summed E-state index contributed by atoms with van der Waals surface area (Å²) in [6.45, 7) is 0. The van der Waals surface area contributed by atoms with Gasteiger partial charge in [-0.05, 0) is 36.2 Å². The van der Waals surface area contributed by atoms with Crippen LogP contribution in [0.4, 0.5) is 0 Å². The minimum Gasteiger partial charge on any atom is -0.481 e. The summed E-state index contributed by atoms with van der Waals surface area (Å²) >= 11 is 1.66. The van der Waals surface area contributed by atoms with Crippen molar-refractivity contribution in [3.63, 3.8) is 0 Å². The van der Waals surface area contributed by atoms with Crippen LogP contribution in [-0.2, 0) is 11.2 Å². The quantitative estimate of drug-likeness (QED) is 0.784. The molecule has 0 aliphatic carbocycles. The Labute approximate surface area is 115 Å². The maximum absolute atomic E-state index is 10.6. The number of benzene rings is 2. The Bertz CT molecular complexity index is 637. The lowest BCUT2D eigenvalue weighted by atomic mass is 10.1. The fourth-order valence-corrected chi connectivity index (χ4v) is 2.99. The van der Waals surface area contributed by atoms with Crippen LogP contribution in [0.3, 0.4) is 0 Å². The summed E-state index contributed by atoms with van der Waals surface area (Å²) in [5, 5.41) is 8.71. The molecule has 96 valence electrons. The smallest absolute Gasteiger partial charge is 0.303 e. The lowest BCUT2D eigenvalue weighted by molar-refractivity contribution is -0.136. The van der Waals surface area contributed by atoms with Crippen LogP contribution in [0.1, 0.15) is 12.0 Å². The van der Waals surface area contributed by atoms with Gasteiger partial charge in [-0.15, -0.1) is 0 Å². The molecule has 1 heterocycles. The van der Waals surface area contributed by atoms with Crippen molar-refractivity contribution in [3.05, 3.63) is 48.0 Å². The molecule has 1 aliphatic heterocycles. The van der Waals surface area contributed by atoms with E-state index in [4.69, 9.17) is 9.84 Å². The van der Waals surface area contributed by atoms with E-state index in [2.05, 4.69) is 0 Å². The first-order valence-corrected chi connectivity index (χ1v) is 6.83. The first kappa shape index (κ1) is 12.1. The van der Waals surface area contributed by atoms with Crippen molar-refractivity contribution in [3.8, 4) is 11.5 Å². The standard InChI is InChI=1S/C15H12O3S/c16-15(17)8-6-10-5-7-12-14(9-10)19-13-4-2-1-3-11(13)18-12/h1-5,7,9H,6,8H2,(H,16,17). The average Bonchev–Trinajstić information content (AvgIpc) is 2.42. The Kier molecular flexibility index (Phi) is 3.17. The Morgan fingerprint density at radius 1 is 1.11 bits per heavy atom. The molecule has 1 aliphatic rings. The van der Waals surface area contributed by atoms with Crippen molar-refractivity contribution in [2.24, 2.45) is 0 Å². The van der Waals surface area contributed by atoms with E-state index in [-0.39, 0.29) is 6.42 Å². The third kappa shape index (κ3) is 2.58. The molecule has 2 aromatic rings. The molecule has 2 aromatic carbocycles. The average molecular weight is 272 g/mol. The molecule has 4 heteroatoms. The Morgan fingerprint density at radius 2 is 1.89 bits per heavy atom. The van der Waals surface area contributed by atoms with Crippen LogP contribution in [0.5, 0.6) is 11.5 Å². The van der Waals surface area contributed by atoms with E-state index in [0.717, 1.165) is 26.9 Å². The van der Waals surface area contributed by atoms with Crippen molar-refractivity contribution in [1.82, 2.24) is 0 Å². The molecule has 0 radical (unpaired) electrons. The van der Waals surface area contributed by atoms with Crippen LogP contribution in [0.25, 0.3) is 0 Å². The fraction of sp³-hybridized carbons (Fsp3) is 0.133. The van der Waals surface area contributed by atoms with Crippen LogP contribution in [0.15, 0.2) is 52.3 Å². The van der Waals surface area contributed by atoms with Crippen molar-refractivity contribution in [1.29, 1.82) is 0 Å². The van der Waals surface area contributed by atoms with Gasteiger partial charge in [-0.2, -0.15) is 0 Å².